The van der Waals surface area contributed by atoms with Gasteiger partial charge in [-0.25, -0.2) is 4.39 Å². The average Bonchev–Trinajstić information content (AvgIpc) is 3.19. The zero-order valence-corrected chi connectivity index (χ0v) is 24.1. The van der Waals surface area contributed by atoms with Crippen molar-refractivity contribution in [2.45, 2.75) is 129 Å². The predicted octanol–water partition coefficient (Wildman–Crippen LogP) is 7.55. The Morgan fingerprint density at radius 1 is 1.05 bits per heavy atom. The topological polar surface area (TPSA) is 60.8 Å². The minimum atomic E-state index is -0.945. The first-order valence-electron chi connectivity index (χ1n) is 15.7. The van der Waals surface area contributed by atoms with E-state index in [0.717, 1.165) is 82.0 Å². The fourth-order valence-corrected chi connectivity index (χ4v) is 8.41. The number of unbranched alkanes of at least 4 members (excludes halogenated alkanes) is 6. The number of phenols is 1. The van der Waals surface area contributed by atoms with Crippen LogP contribution in [0.25, 0.3) is 0 Å². The van der Waals surface area contributed by atoms with Crippen molar-refractivity contribution >= 4 is 5.91 Å². The van der Waals surface area contributed by atoms with Gasteiger partial charge in [0.25, 0.3) is 0 Å². The number of halogens is 1. The lowest BCUT2D eigenvalue weighted by atomic mass is 9.51. The molecule has 4 nitrogen and oxygen atoms in total. The third-order valence-electron chi connectivity index (χ3n) is 10.5. The second kappa shape index (κ2) is 13.2. The van der Waals surface area contributed by atoms with Crippen LogP contribution in [0.4, 0.5) is 4.39 Å². The number of amides is 1. The van der Waals surface area contributed by atoms with Gasteiger partial charge in [-0.15, -0.1) is 0 Å². The van der Waals surface area contributed by atoms with Crippen LogP contribution >= 0.6 is 0 Å². The number of aliphatic hydroxyl groups is 1. The Kier molecular flexibility index (Phi) is 10.2. The number of benzene rings is 1. The van der Waals surface area contributed by atoms with E-state index in [1.807, 2.05) is 19.1 Å². The van der Waals surface area contributed by atoms with Gasteiger partial charge in [-0.3, -0.25) is 4.79 Å². The number of carbonyl (C=O) groups is 1. The minimum absolute atomic E-state index is 0.117. The fourth-order valence-electron chi connectivity index (χ4n) is 8.41. The summed E-state index contributed by atoms with van der Waals surface area (Å²) >= 11 is 0. The highest BCUT2D eigenvalue weighted by Crippen LogP contribution is 2.63. The number of fused-ring (bicyclic) bond motifs is 5. The standard InChI is InChI=1S/C33H52FNO3/c1-4-6-7-11-18-35(30(38)5-2)19-12-9-8-10-13-23-20-24-21-25(36)14-15-26(24)32-28(34)22-33(3)27(31(23)32)16-17-29(33)37/h14-15,21,23,27-29,31-32,36-37H,4-13,16-20,22H2,1-3H3/t23?,27?,28?,29?,31?,32?,33-/m0/s1. The molecule has 0 aliphatic heterocycles. The average molecular weight is 530 g/mol. The van der Waals surface area contributed by atoms with Gasteiger partial charge in [-0.1, -0.05) is 65.4 Å². The molecule has 2 fully saturated rings. The summed E-state index contributed by atoms with van der Waals surface area (Å²) in [5, 5.41) is 21.0. The molecule has 1 aromatic rings. The predicted molar refractivity (Wildman–Crippen MR) is 152 cm³/mol. The third-order valence-corrected chi connectivity index (χ3v) is 10.5. The summed E-state index contributed by atoms with van der Waals surface area (Å²) in [7, 11) is 0. The van der Waals surface area contributed by atoms with Crippen LogP contribution in [0.15, 0.2) is 18.2 Å². The maximum absolute atomic E-state index is 15.9. The molecule has 0 saturated heterocycles. The Bertz CT molecular complexity index is 922. The van der Waals surface area contributed by atoms with E-state index in [9.17, 15) is 15.0 Å². The molecule has 0 heterocycles. The summed E-state index contributed by atoms with van der Waals surface area (Å²) in [6, 6.07) is 5.55. The molecule has 0 aromatic heterocycles. The van der Waals surface area contributed by atoms with Gasteiger partial charge in [-0.05, 0) is 91.4 Å². The summed E-state index contributed by atoms with van der Waals surface area (Å²) in [5.74, 6) is 1.44. The third kappa shape index (κ3) is 6.24. The van der Waals surface area contributed by atoms with Gasteiger partial charge in [0.15, 0.2) is 0 Å². The van der Waals surface area contributed by atoms with Gasteiger partial charge < -0.3 is 15.1 Å². The lowest BCUT2D eigenvalue weighted by molar-refractivity contribution is -0.131. The van der Waals surface area contributed by atoms with Crippen LogP contribution in [-0.2, 0) is 11.2 Å². The number of nitrogens with zero attached hydrogens (tertiary/aromatic N) is 1. The van der Waals surface area contributed by atoms with Crippen LogP contribution in [0.2, 0.25) is 0 Å². The lowest BCUT2D eigenvalue weighted by Gasteiger charge is -2.54. The van der Waals surface area contributed by atoms with Crippen molar-refractivity contribution in [3.05, 3.63) is 29.3 Å². The second-order valence-corrected chi connectivity index (χ2v) is 12.9. The maximum Gasteiger partial charge on any atom is 0.222 e. The number of aromatic hydroxyl groups is 1. The first-order chi connectivity index (χ1) is 18.3. The Morgan fingerprint density at radius 2 is 1.76 bits per heavy atom. The Hall–Kier alpha value is -1.62. The van der Waals surface area contributed by atoms with Crippen molar-refractivity contribution in [1.82, 2.24) is 4.90 Å². The van der Waals surface area contributed by atoms with E-state index in [0.29, 0.717) is 24.7 Å². The quantitative estimate of drug-likeness (QED) is 0.259. The number of phenolic OH excluding ortho intramolecular Hbond substituents is 1. The molecule has 1 amide bonds. The maximum atomic E-state index is 15.9. The van der Waals surface area contributed by atoms with Crippen molar-refractivity contribution < 1.29 is 19.4 Å². The van der Waals surface area contributed by atoms with Gasteiger partial charge in [0.1, 0.15) is 11.9 Å². The minimum Gasteiger partial charge on any atom is -0.508 e. The molecular weight excluding hydrogens is 477 g/mol. The van der Waals surface area contributed by atoms with Gasteiger partial charge in [-0.2, -0.15) is 0 Å². The van der Waals surface area contributed by atoms with Crippen LogP contribution < -0.4 is 0 Å². The summed E-state index contributed by atoms with van der Waals surface area (Å²) in [6.07, 6.45) is 12.6. The normalized spacial score (nSPS) is 31.9. The molecule has 3 aliphatic carbocycles. The number of rotatable bonds is 13. The van der Waals surface area contributed by atoms with Crippen molar-refractivity contribution in [3.8, 4) is 5.75 Å². The molecule has 5 heteroatoms. The molecule has 0 radical (unpaired) electrons. The van der Waals surface area contributed by atoms with E-state index in [1.165, 1.54) is 19.3 Å². The highest BCUT2D eigenvalue weighted by Gasteiger charge is 2.59. The van der Waals surface area contributed by atoms with Crippen LogP contribution in [0.1, 0.15) is 121 Å². The number of carbonyl (C=O) groups excluding carboxylic acids is 1. The van der Waals surface area contributed by atoms with Crippen molar-refractivity contribution in [2.24, 2.45) is 23.2 Å². The Balaban J connectivity index is 1.35. The molecule has 2 N–H and O–H groups in total. The molecule has 1 aromatic carbocycles. The van der Waals surface area contributed by atoms with Gasteiger partial charge in [0.2, 0.25) is 5.91 Å². The lowest BCUT2D eigenvalue weighted by Crippen LogP contribution is -2.51. The Labute approximate surface area is 230 Å². The molecular formula is C33H52FNO3. The highest BCUT2D eigenvalue weighted by atomic mass is 19.1. The van der Waals surface area contributed by atoms with Crippen LogP contribution in [-0.4, -0.2) is 46.4 Å². The largest absolute Gasteiger partial charge is 0.508 e. The van der Waals surface area contributed by atoms with Gasteiger partial charge in [0.05, 0.1) is 6.10 Å². The van der Waals surface area contributed by atoms with Crippen LogP contribution in [0.5, 0.6) is 5.75 Å². The molecule has 38 heavy (non-hydrogen) atoms. The number of hydrogen-bond acceptors (Lipinski definition) is 3. The van der Waals surface area contributed by atoms with E-state index >= 15 is 4.39 Å². The number of hydrogen-bond donors (Lipinski definition) is 2. The smallest absolute Gasteiger partial charge is 0.222 e. The van der Waals surface area contributed by atoms with Crippen molar-refractivity contribution in [1.29, 1.82) is 0 Å². The summed E-state index contributed by atoms with van der Waals surface area (Å²) in [6.45, 7) is 8.05. The summed E-state index contributed by atoms with van der Waals surface area (Å²) in [4.78, 5) is 14.5. The monoisotopic (exact) mass is 529 g/mol. The molecule has 0 spiro atoms. The molecule has 0 bridgehead atoms. The molecule has 7 atom stereocenters. The van der Waals surface area contributed by atoms with Crippen molar-refractivity contribution in [2.75, 3.05) is 13.1 Å². The van der Waals surface area contributed by atoms with Gasteiger partial charge in [0, 0.05) is 25.4 Å². The molecule has 4 rings (SSSR count). The van der Waals surface area contributed by atoms with Gasteiger partial charge >= 0.3 is 0 Å². The van der Waals surface area contributed by atoms with E-state index in [2.05, 4.69) is 18.7 Å². The van der Waals surface area contributed by atoms with E-state index in [-0.39, 0.29) is 28.9 Å². The van der Waals surface area contributed by atoms with E-state index in [1.54, 1.807) is 6.07 Å². The first kappa shape index (κ1) is 29.4. The molecule has 2 saturated carbocycles. The van der Waals surface area contributed by atoms with Crippen LogP contribution in [0, 0.1) is 23.2 Å². The molecule has 6 unspecified atom stereocenters. The SMILES string of the molecule is CCCCCCN(CCCCCCC1Cc2cc(O)ccc2C2C(F)C[C@]3(C)C(O)CCC3C12)C(=O)CC. The highest BCUT2D eigenvalue weighted by molar-refractivity contribution is 5.75. The summed E-state index contributed by atoms with van der Waals surface area (Å²) < 4.78 is 15.9. The van der Waals surface area contributed by atoms with Crippen LogP contribution in [0.3, 0.4) is 0 Å². The Morgan fingerprint density at radius 3 is 2.47 bits per heavy atom. The zero-order chi connectivity index (χ0) is 27.3. The van der Waals surface area contributed by atoms with Crippen molar-refractivity contribution in [3.63, 3.8) is 0 Å². The number of aliphatic hydroxyl groups excluding tert-OH is 1. The second-order valence-electron chi connectivity index (χ2n) is 12.9. The first-order valence-corrected chi connectivity index (χ1v) is 15.7. The van der Waals surface area contributed by atoms with E-state index in [4.69, 9.17) is 0 Å². The van der Waals surface area contributed by atoms with E-state index < -0.39 is 12.3 Å². The summed E-state index contributed by atoms with van der Waals surface area (Å²) in [5.41, 5.74) is 1.90. The number of alkyl halides is 1. The molecule has 214 valence electrons. The fraction of sp³-hybridized carbons (Fsp3) is 0.788. The zero-order valence-electron chi connectivity index (χ0n) is 24.1. The molecule has 3 aliphatic rings.